The van der Waals surface area contributed by atoms with Gasteiger partial charge in [0.1, 0.15) is 0 Å². The molecule has 2 heteroatoms. The highest BCUT2D eigenvalue weighted by molar-refractivity contribution is 7.98. The van der Waals surface area contributed by atoms with Crippen molar-refractivity contribution < 1.29 is 0 Å². The third kappa shape index (κ3) is 3.48. The lowest BCUT2D eigenvalue weighted by Crippen LogP contribution is -2.40. The van der Waals surface area contributed by atoms with E-state index < -0.39 is 0 Å². The fraction of sp³-hybridized carbons (Fsp3) is 0.684. The van der Waals surface area contributed by atoms with Gasteiger partial charge in [-0.05, 0) is 80.6 Å². The Morgan fingerprint density at radius 3 is 2.81 bits per heavy atom. The van der Waals surface area contributed by atoms with Crippen LogP contribution in [0.5, 0.6) is 0 Å². The van der Waals surface area contributed by atoms with Crippen LogP contribution in [-0.4, -0.2) is 19.8 Å². The van der Waals surface area contributed by atoms with Crippen LogP contribution in [0.25, 0.3) is 0 Å². The highest BCUT2D eigenvalue weighted by Crippen LogP contribution is 2.49. The molecule has 1 N–H and O–H groups in total. The standard InChI is InChI=1S/C19H31NS/c1-5-16-8-6-7-11-19(16,12-13-20-3)18-14-17(21-4)10-9-15(18)2/h9-10,14,16,20H,5-8,11-13H2,1-4H3/t16-,19-/m0/s1. The van der Waals surface area contributed by atoms with Crippen molar-refractivity contribution in [1.29, 1.82) is 0 Å². The molecule has 0 unspecified atom stereocenters. The number of hydrogen-bond donors (Lipinski definition) is 1. The number of hydrogen-bond acceptors (Lipinski definition) is 2. The number of thioether (sulfide) groups is 1. The Bertz CT molecular complexity index is 457. The number of aryl methyl sites for hydroxylation is 1. The summed E-state index contributed by atoms with van der Waals surface area (Å²) in [6, 6.07) is 7.10. The van der Waals surface area contributed by atoms with Gasteiger partial charge in [0, 0.05) is 4.90 Å². The van der Waals surface area contributed by atoms with Crippen LogP contribution >= 0.6 is 11.8 Å². The van der Waals surface area contributed by atoms with Gasteiger partial charge in [0.05, 0.1) is 0 Å². The average Bonchev–Trinajstić information content (AvgIpc) is 2.53. The second kappa shape index (κ2) is 7.69. The molecule has 1 aromatic rings. The Morgan fingerprint density at radius 1 is 1.33 bits per heavy atom. The van der Waals surface area contributed by atoms with Gasteiger partial charge < -0.3 is 5.32 Å². The molecule has 1 nitrogen and oxygen atoms in total. The third-order valence-electron chi connectivity index (χ3n) is 5.50. The van der Waals surface area contributed by atoms with E-state index in [0.29, 0.717) is 5.41 Å². The van der Waals surface area contributed by atoms with Gasteiger partial charge in [0.25, 0.3) is 0 Å². The van der Waals surface area contributed by atoms with Crippen molar-refractivity contribution in [3.63, 3.8) is 0 Å². The maximum absolute atomic E-state index is 3.40. The van der Waals surface area contributed by atoms with Gasteiger partial charge in [-0.2, -0.15) is 0 Å². The molecular formula is C19H31NS. The van der Waals surface area contributed by atoms with Crippen LogP contribution in [0, 0.1) is 12.8 Å². The minimum Gasteiger partial charge on any atom is -0.320 e. The normalized spacial score (nSPS) is 26.0. The fourth-order valence-corrected chi connectivity index (χ4v) is 4.78. The topological polar surface area (TPSA) is 12.0 Å². The highest BCUT2D eigenvalue weighted by atomic mass is 32.2. The van der Waals surface area contributed by atoms with E-state index in [1.807, 2.05) is 11.8 Å². The summed E-state index contributed by atoms with van der Waals surface area (Å²) in [5, 5.41) is 3.40. The van der Waals surface area contributed by atoms with E-state index in [9.17, 15) is 0 Å². The fourth-order valence-electron chi connectivity index (χ4n) is 4.34. The molecule has 0 aliphatic heterocycles. The molecule has 1 aromatic carbocycles. The summed E-state index contributed by atoms with van der Waals surface area (Å²) in [6.07, 6.45) is 10.4. The zero-order chi connectivity index (χ0) is 15.3. The lowest BCUT2D eigenvalue weighted by atomic mass is 9.59. The Hall–Kier alpha value is -0.470. The zero-order valence-electron chi connectivity index (χ0n) is 14.2. The van der Waals surface area contributed by atoms with Crippen LogP contribution in [0.15, 0.2) is 23.1 Å². The van der Waals surface area contributed by atoms with Crippen molar-refractivity contribution >= 4 is 11.8 Å². The Morgan fingerprint density at radius 2 is 2.14 bits per heavy atom. The molecule has 1 aliphatic carbocycles. The smallest absolute Gasteiger partial charge is 0.00722 e. The Labute approximate surface area is 135 Å². The van der Waals surface area contributed by atoms with Gasteiger partial charge >= 0.3 is 0 Å². The molecule has 2 atom stereocenters. The largest absolute Gasteiger partial charge is 0.320 e. The van der Waals surface area contributed by atoms with Crippen molar-refractivity contribution in [2.45, 2.75) is 62.7 Å². The summed E-state index contributed by atoms with van der Waals surface area (Å²) in [6.45, 7) is 5.82. The molecule has 0 aromatic heterocycles. The van der Waals surface area contributed by atoms with Crippen molar-refractivity contribution in [2.24, 2.45) is 5.92 Å². The first-order valence-corrected chi connectivity index (χ1v) is 9.70. The van der Waals surface area contributed by atoms with Crippen LogP contribution < -0.4 is 5.32 Å². The van der Waals surface area contributed by atoms with Crippen LogP contribution in [0.1, 0.15) is 56.6 Å². The van der Waals surface area contributed by atoms with Gasteiger partial charge in [-0.25, -0.2) is 0 Å². The van der Waals surface area contributed by atoms with Crippen molar-refractivity contribution in [1.82, 2.24) is 5.32 Å². The summed E-state index contributed by atoms with van der Waals surface area (Å²) in [4.78, 5) is 1.42. The number of nitrogens with one attached hydrogen (secondary N) is 1. The summed E-state index contributed by atoms with van der Waals surface area (Å²) < 4.78 is 0. The summed E-state index contributed by atoms with van der Waals surface area (Å²) >= 11 is 1.87. The maximum atomic E-state index is 3.40. The predicted octanol–water partition coefficient (Wildman–Crippen LogP) is 5.16. The molecule has 0 radical (unpaired) electrons. The molecule has 1 fully saturated rings. The Balaban J connectivity index is 2.47. The molecule has 2 rings (SSSR count). The van der Waals surface area contributed by atoms with E-state index in [1.54, 1.807) is 5.56 Å². The Kier molecular flexibility index (Phi) is 6.19. The van der Waals surface area contributed by atoms with Crippen LogP contribution in [0.3, 0.4) is 0 Å². The zero-order valence-corrected chi connectivity index (χ0v) is 15.0. The lowest BCUT2D eigenvalue weighted by Gasteiger charge is -2.46. The van der Waals surface area contributed by atoms with Gasteiger partial charge in [0.15, 0.2) is 0 Å². The van der Waals surface area contributed by atoms with Crippen molar-refractivity contribution in [2.75, 3.05) is 19.8 Å². The van der Waals surface area contributed by atoms with E-state index in [4.69, 9.17) is 0 Å². The second-order valence-corrected chi connectivity index (χ2v) is 7.42. The van der Waals surface area contributed by atoms with E-state index in [0.717, 1.165) is 12.5 Å². The quantitative estimate of drug-likeness (QED) is 0.728. The number of rotatable bonds is 6. The van der Waals surface area contributed by atoms with Gasteiger partial charge in [-0.3, -0.25) is 0 Å². The lowest BCUT2D eigenvalue weighted by molar-refractivity contribution is 0.164. The average molecular weight is 306 g/mol. The molecule has 0 heterocycles. The molecule has 21 heavy (non-hydrogen) atoms. The molecular weight excluding hydrogens is 274 g/mol. The monoisotopic (exact) mass is 305 g/mol. The first-order chi connectivity index (χ1) is 10.2. The molecule has 0 amide bonds. The van der Waals surface area contributed by atoms with E-state index in [2.05, 4.69) is 50.7 Å². The SMILES string of the molecule is CC[C@H]1CCCC[C@@]1(CCNC)c1cc(SC)ccc1C. The third-order valence-corrected chi connectivity index (χ3v) is 6.23. The second-order valence-electron chi connectivity index (χ2n) is 6.54. The van der Waals surface area contributed by atoms with Crippen LogP contribution in [0.4, 0.5) is 0 Å². The van der Waals surface area contributed by atoms with Crippen molar-refractivity contribution in [3.8, 4) is 0 Å². The first-order valence-electron chi connectivity index (χ1n) is 8.47. The molecule has 0 bridgehead atoms. The van der Waals surface area contributed by atoms with Crippen LogP contribution in [0.2, 0.25) is 0 Å². The molecule has 0 saturated heterocycles. The molecule has 0 spiro atoms. The first kappa shape index (κ1) is 16.9. The minimum absolute atomic E-state index is 0.395. The van der Waals surface area contributed by atoms with Gasteiger partial charge in [0.2, 0.25) is 0 Å². The summed E-state index contributed by atoms with van der Waals surface area (Å²) in [5.41, 5.74) is 3.52. The van der Waals surface area contributed by atoms with E-state index in [1.165, 1.54) is 49.0 Å². The summed E-state index contributed by atoms with van der Waals surface area (Å²) in [5.74, 6) is 0.843. The minimum atomic E-state index is 0.395. The number of benzene rings is 1. The molecule has 1 saturated carbocycles. The van der Waals surface area contributed by atoms with E-state index in [-0.39, 0.29) is 0 Å². The maximum Gasteiger partial charge on any atom is 0.00722 e. The van der Waals surface area contributed by atoms with Gasteiger partial charge in [-0.15, -0.1) is 11.8 Å². The van der Waals surface area contributed by atoms with Gasteiger partial charge in [-0.1, -0.05) is 32.3 Å². The van der Waals surface area contributed by atoms with Crippen molar-refractivity contribution in [3.05, 3.63) is 29.3 Å². The molecule has 118 valence electrons. The van der Waals surface area contributed by atoms with Crippen LogP contribution in [-0.2, 0) is 5.41 Å². The molecule has 1 aliphatic rings. The van der Waals surface area contributed by atoms with E-state index >= 15 is 0 Å². The highest BCUT2D eigenvalue weighted by Gasteiger charge is 2.41. The predicted molar refractivity (Wildman–Crippen MR) is 95.4 cm³/mol. The summed E-state index contributed by atoms with van der Waals surface area (Å²) in [7, 11) is 2.09.